The first kappa shape index (κ1) is 12.3. The number of nitrogens with one attached hydrogen (secondary N) is 1. The van der Waals surface area contributed by atoms with Crippen molar-refractivity contribution in [3.63, 3.8) is 0 Å². The van der Waals surface area contributed by atoms with Crippen LogP contribution in [0.25, 0.3) is 0 Å². The van der Waals surface area contributed by atoms with Crippen molar-refractivity contribution < 1.29 is 13.5 Å². The molecule has 0 aromatic heterocycles. The third kappa shape index (κ3) is 3.18. The minimum Gasteiger partial charge on any atom is -0.390 e. The predicted molar refractivity (Wildman–Crippen MR) is 63.1 cm³/mol. The van der Waals surface area contributed by atoms with E-state index in [1.807, 2.05) is 0 Å². The van der Waals surface area contributed by atoms with E-state index < -0.39 is 15.9 Å². The summed E-state index contributed by atoms with van der Waals surface area (Å²) in [6, 6.07) is 0.156. The molecule has 2 aliphatic rings. The molecule has 1 heterocycles. The Morgan fingerprint density at radius 1 is 1.00 bits per heavy atom. The molecule has 0 radical (unpaired) electrons. The number of sulfone groups is 1. The summed E-state index contributed by atoms with van der Waals surface area (Å²) in [5.41, 5.74) is 0. The fraction of sp³-hybridized carbons (Fsp3) is 1.00. The zero-order valence-corrected chi connectivity index (χ0v) is 10.4. The normalized spacial score (nSPS) is 36.1. The second kappa shape index (κ2) is 5.02. The van der Waals surface area contributed by atoms with E-state index in [2.05, 4.69) is 5.32 Å². The molecule has 2 atom stereocenters. The van der Waals surface area contributed by atoms with Crippen LogP contribution in [0.4, 0.5) is 0 Å². The number of aliphatic hydroxyl groups is 1. The maximum absolute atomic E-state index is 11.4. The van der Waals surface area contributed by atoms with Gasteiger partial charge in [-0.25, -0.2) is 8.42 Å². The van der Waals surface area contributed by atoms with E-state index in [1.165, 1.54) is 25.7 Å². The highest BCUT2D eigenvalue weighted by atomic mass is 32.2. The third-order valence-electron chi connectivity index (χ3n) is 3.63. The molecule has 0 aromatic carbocycles. The molecule has 0 spiro atoms. The van der Waals surface area contributed by atoms with Crippen LogP contribution in [0.3, 0.4) is 0 Å². The lowest BCUT2D eigenvalue weighted by Crippen LogP contribution is -2.44. The van der Waals surface area contributed by atoms with Crippen LogP contribution < -0.4 is 5.32 Å². The summed E-state index contributed by atoms with van der Waals surface area (Å²) in [7, 11) is -3.02. The van der Waals surface area contributed by atoms with Crippen molar-refractivity contribution in [2.75, 3.05) is 11.5 Å². The van der Waals surface area contributed by atoms with Crippen molar-refractivity contribution in [3.8, 4) is 0 Å². The minimum atomic E-state index is -3.02. The van der Waals surface area contributed by atoms with Crippen LogP contribution in [0, 0.1) is 0 Å². The Labute approximate surface area is 97.3 Å². The Kier molecular flexibility index (Phi) is 3.87. The van der Waals surface area contributed by atoms with Gasteiger partial charge in [-0.2, -0.15) is 0 Å². The molecule has 94 valence electrons. The van der Waals surface area contributed by atoms with Crippen molar-refractivity contribution in [2.24, 2.45) is 0 Å². The summed E-state index contributed by atoms with van der Waals surface area (Å²) in [6.45, 7) is 0. The second-order valence-electron chi connectivity index (χ2n) is 5.11. The summed E-state index contributed by atoms with van der Waals surface area (Å²) in [5, 5.41) is 13.0. The van der Waals surface area contributed by atoms with Gasteiger partial charge in [-0.3, -0.25) is 0 Å². The molecule has 1 saturated carbocycles. The highest BCUT2D eigenvalue weighted by molar-refractivity contribution is 7.91. The minimum absolute atomic E-state index is 0.0720. The Morgan fingerprint density at radius 3 is 2.12 bits per heavy atom. The first-order chi connectivity index (χ1) is 7.57. The van der Waals surface area contributed by atoms with Gasteiger partial charge in [0.15, 0.2) is 9.84 Å². The van der Waals surface area contributed by atoms with Gasteiger partial charge in [0.05, 0.1) is 17.6 Å². The zero-order valence-electron chi connectivity index (χ0n) is 9.56. The average molecular weight is 247 g/mol. The molecule has 1 aliphatic carbocycles. The first-order valence-electron chi connectivity index (χ1n) is 6.21. The molecule has 16 heavy (non-hydrogen) atoms. The number of hydrogen-bond acceptors (Lipinski definition) is 4. The van der Waals surface area contributed by atoms with Gasteiger partial charge in [0.1, 0.15) is 0 Å². The highest BCUT2D eigenvalue weighted by Crippen LogP contribution is 2.20. The van der Waals surface area contributed by atoms with Crippen LogP contribution >= 0.6 is 0 Å². The summed E-state index contributed by atoms with van der Waals surface area (Å²) in [5.74, 6) is 0.0298. The quantitative estimate of drug-likeness (QED) is 0.696. The van der Waals surface area contributed by atoms with E-state index in [0.717, 1.165) is 12.8 Å². The largest absolute Gasteiger partial charge is 0.390 e. The molecule has 2 fully saturated rings. The van der Waals surface area contributed by atoms with Gasteiger partial charge >= 0.3 is 0 Å². The molecule has 5 heteroatoms. The monoisotopic (exact) mass is 247 g/mol. The van der Waals surface area contributed by atoms with Gasteiger partial charge in [0, 0.05) is 12.1 Å². The number of aliphatic hydroxyl groups excluding tert-OH is 1. The van der Waals surface area contributed by atoms with Crippen LogP contribution in [-0.2, 0) is 9.84 Å². The molecular formula is C11H21NO3S. The van der Waals surface area contributed by atoms with Gasteiger partial charge < -0.3 is 10.4 Å². The van der Waals surface area contributed by atoms with E-state index in [0.29, 0.717) is 6.04 Å². The van der Waals surface area contributed by atoms with Crippen molar-refractivity contribution in [1.29, 1.82) is 0 Å². The maximum Gasteiger partial charge on any atom is 0.154 e. The summed E-state index contributed by atoms with van der Waals surface area (Å²) < 4.78 is 22.7. The van der Waals surface area contributed by atoms with Gasteiger partial charge in [0.25, 0.3) is 0 Å². The summed E-state index contributed by atoms with van der Waals surface area (Å²) in [6.07, 6.45) is 6.51. The lowest BCUT2D eigenvalue weighted by molar-refractivity contribution is 0.157. The molecule has 2 N–H and O–H groups in total. The van der Waals surface area contributed by atoms with E-state index in [9.17, 15) is 13.5 Å². The molecule has 0 unspecified atom stereocenters. The first-order valence-corrected chi connectivity index (χ1v) is 8.03. The maximum atomic E-state index is 11.4. The molecular weight excluding hydrogens is 226 g/mol. The Bertz CT molecular complexity index is 320. The van der Waals surface area contributed by atoms with Gasteiger partial charge in [-0.15, -0.1) is 0 Å². The number of hydrogen-bond donors (Lipinski definition) is 2. The van der Waals surface area contributed by atoms with E-state index in [1.54, 1.807) is 0 Å². The van der Waals surface area contributed by atoms with Crippen molar-refractivity contribution >= 4 is 9.84 Å². The Morgan fingerprint density at radius 2 is 1.62 bits per heavy atom. The van der Waals surface area contributed by atoms with Gasteiger partial charge in [-0.05, 0) is 12.8 Å². The fourth-order valence-corrected chi connectivity index (χ4v) is 4.49. The fourth-order valence-electron chi connectivity index (χ4n) is 2.74. The lowest BCUT2D eigenvalue weighted by atomic mass is 10.1. The Balaban J connectivity index is 1.89. The summed E-state index contributed by atoms with van der Waals surface area (Å²) >= 11 is 0. The van der Waals surface area contributed by atoms with Crippen LogP contribution in [0.5, 0.6) is 0 Å². The van der Waals surface area contributed by atoms with E-state index >= 15 is 0 Å². The molecule has 4 nitrogen and oxygen atoms in total. The molecule has 0 amide bonds. The SMILES string of the molecule is O=S1(=O)C[C@H](O)[C@H](NC2CCCCCC2)C1. The second-order valence-corrected chi connectivity index (χ2v) is 7.26. The van der Waals surface area contributed by atoms with Crippen LogP contribution in [-0.4, -0.2) is 43.2 Å². The lowest BCUT2D eigenvalue weighted by Gasteiger charge is -2.22. The van der Waals surface area contributed by atoms with Gasteiger partial charge in [0.2, 0.25) is 0 Å². The summed E-state index contributed by atoms with van der Waals surface area (Å²) in [4.78, 5) is 0. The molecule has 0 aromatic rings. The standard InChI is InChI=1S/C11H21NO3S/c13-11-8-16(14,15)7-10(11)12-9-5-3-1-2-4-6-9/h9-13H,1-8H2/t10-,11+/m1/s1. The molecule has 1 aliphatic heterocycles. The Hall–Kier alpha value is -0.130. The van der Waals surface area contributed by atoms with Crippen LogP contribution in [0.2, 0.25) is 0 Å². The van der Waals surface area contributed by atoms with Crippen molar-refractivity contribution in [1.82, 2.24) is 5.32 Å². The smallest absolute Gasteiger partial charge is 0.154 e. The van der Waals surface area contributed by atoms with Gasteiger partial charge in [-0.1, -0.05) is 25.7 Å². The van der Waals surface area contributed by atoms with Crippen LogP contribution in [0.15, 0.2) is 0 Å². The van der Waals surface area contributed by atoms with E-state index in [4.69, 9.17) is 0 Å². The van der Waals surface area contributed by atoms with Crippen LogP contribution in [0.1, 0.15) is 38.5 Å². The van der Waals surface area contributed by atoms with Crippen molar-refractivity contribution in [3.05, 3.63) is 0 Å². The van der Waals surface area contributed by atoms with Crippen molar-refractivity contribution in [2.45, 2.75) is 56.7 Å². The highest BCUT2D eigenvalue weighted by Gasteiger charge is 2.37. The molecule has 0 bridgehead atoms. The third-order valence-corrected chi connectivity index (χ3v) is 5.34. The zero-order chi connectivity index (χ0) is 11.6. The predicted octanol–water partition coefficient (Wildman–Crippen LogP) is 0.457. The topological polar surface area (TPSA) is 66.4 Å². The molecule has 2 rings (SSSR count). The van der Waals surface area contributed by atoms with E-state index in [-0.39, 0.29) is 17.5 Å². The number of rotatable bonds is 2. The average Bonchev–Trinajstić information content (AvgIpc) is 2.43. The molecule has 1 saturated heterocycles.